The van der Waals surface area contributed by atoms with Crippen LogP contribution in [0.15, 0.2) is 30.3 Å². The Morgan fingerprint density at radius 2 is 2.10 bits per heavy atom. The molecule has 1 amide bonds. The molecule has 1 fully saturated rings. The van der Waals surface area contributed by atoms with E-state index in [0.29, 0.717) is 17.3 Å². The lowest BCUT2D eigenvalue weighted by Gasteiger charge is -2.33. The number of nitrogen functional groups attached to an aromatic ring is 1. The second-order valence-corrected chi connectivity index (χ2v) is 5.46. The minimum atomic E-state index is -0.135. The molecule has 0 saturated heterocycles. The number of pyridine rings is 1. The Hall–Kier alpha value is -2.14. The molecular weight excluding hydrogens is 252 g/mol. The molecule has 0 aliphatic heterocycles. The molecule has 0 spiro atoms. The van der Waals surface area contributed by atoms with Gasteiger partial charge in [-0.2, -0.15) is 0 Å². The number of nitrogens with two attached hydrogens (primary N) is 1. The van der Waals surface area contributed by atoms with E-state index in [1.165, 1.54) is 0 Å². The molecule has 5 heteroatoms. The maximum absolute atomic E-state index is 12.2. The molecular formula is C15H18N4O. The van der Waals surface area contributed by atoms with Crippen molar-refractivity contribution >= 4 is 22.5 Å². The van der Waals surface area contributed by atoms with Crippen LogP contribution in [0.2, 0.25) is 0 Å². The van der Waals surface area contributed by atoms with Gasteiger partial charge in [0.2, 0.25) is 0 Å². The van der Waals surface area contributed by atoms with Crippen molar-refractivity contribution < 1.29 is 4.79 Å². The van der Waals surface area contributed by atoms with Gasteiger partial charge in [-0.15, -0.1) is 0 Å². The smallest absolute Gasteiger partial charge is 0.270 e. The van der Waals surface area contributed by atoms with Crippen LogP contribution in [-0.2, 0) is 0 Å². The molecule has 5 nitrogen and oxygen atoms in total. The van der Waals surface area contributed by atoms with Crippen LogP contribution in [-0.4, -0.2) is 16.9 Å². The number of carbonyl (C=O) groups excluding carboxylic acids is 1. The van der Waals surface area contributed by atoms with Gasteiger partial charge in [0.25, 0.3) is 5.91 Å². The quantitative estimate of drug-likeness (QED) is 0.589. The predicted octanol–water partition coefficient (Wildman–Crippen LogP) is 2.05. The van der Waals surface area contributed by atoms with Gasteiger partial charge < -0.3 is 10.7 Å². The summed E-state index contributed by atoms with van der Waals surface area (Å²) in [5.41, 5.74) is 4.50. The standard InChI is InChI=1S/C15H18N4O/c1-9-6-10(7-9)17-15(20)14-8-13(19-16)11-4-2-3-5-12(11)18-14/h2-5,8-10H,6-7,16H2,1H3,(H,17,20)(H,18,19). The molecule has 20 heavy (non-hydrogen) atoms. The first-order valence-electron chi connectivity index (χ1n) is 6.84. The van der Waals surface area contributed by atoms with Gasteiger partial charge in [0.05, 0.1) is 11.2 Å². The van der Waals surface area contributed by atoms with Gasteiger partial charge in [0.15, 0.2) is 0 Å². The number of fused-ring (bicyclic) bond motifs is 1. The van der Waals surface area contributed by atoms with Gasteiger partial charge in [0.1, 0.15) is 5.69 Å². The molecule has 0 unspecified atom stereocenters. The zero-order valence-corrected chi connectivity index (χ0v) is 11.4. The molecule has 1 aliphatic rings. The summed E-state index contributed by atoms with van der Waals surface area (Å²) >= 11 is 0. The molecule has 3 rings (SSSR count). The van der Waals surface area contributed by atoms with Crippen LogP contribution in [0, 0.1) is 5.92 Å². The van der Waals surface area contributed by atoms with Crippen LogP contribution in [0.25, 0.3) is 10.9 Å². The van der Waals surface area contributed by atoms with Gasteiger partial charge in [-0.05, 0) is 30.9 Å². The van der Waals surface area contributed by atoms with E-state index in [1.807, 2.05) is 24.3 Å². The number of aromatic nitrogens is 1. The topological polar surface area (TPSA) is 80.0 Å². The van der Waals surface area contributed by atoms with Crippen molar-refractivity contribution in [2.45, 2.75) is 25.8 Å². The maximum Gasteiger partial charge on any atom is 0.270 e. The van der Waals surface area contributed by atoms with Crippen molar-refractivity contribution in [3.63, 3.8) is 0 Å². The minimum absolute atomic E-state index is 0.135. The monoisotopic (exact) mass is 270 g/mol. The van der Waals surface area contributed by atoms with Crippen LogP contribution >= 0.6 is 0 Å². The number of benzene rings is 1. The number of hydrazine groups is 1. The lowest BCUT2D eigenvalue weighted by molar-refractivity contribution is 0.0891. The number of hydrogen-bond acceptors (Lipinski definition) is 4. The third-order valence-electron chi connectivity index (χ3n) is 3.81. The number of nitrogens with zero attached hydrogens (tertiary/aromatic N) is 1. The third-order valence-corrected chi connectivity index (χ3v) is 3.81. The van der Waals surface area contributed by atoms with Crippen LogP contribution < -0.4 is 16.6 Å². The van der Waals surface area contributed by atoms with Gasteiger partial charge in [0, 0.05) is 11.4 Å². The van der Waals surface area contributed by atoms with Crippen LogP contribution in [0.3, 0.4) is 0 Å². The molecule has 1 heterocycles. The van der Waals surface area contributed by atoms with Crippen molar-refractivity contribution in [2.24, 2.45) is 11.8 Å². The fraction of sp³-hybridized carbons (Fsp3) is 0.333. The summed E-state index contributed by atoms with van der Waals surface area (Å²) in [7, 11) is 0. The SMILES string of the molecule is CC1CC(NC(=O)c2cc(NN)c3ccccc3n2)C1. The van der Waals surface area contributed by atoms with Crippen molar-refractivity contribution in [1.29, 1.82) is 0 Å². The molecule has 2 aromatic rings. The number of hydrogen-bond donors (Lipinski definition) is 3. The van der Waals surface area contributed by atoms with Crippen molar-refractivity contribution in [1.82, 2.24) is 10.3 Å². The molecule has 0 atom stereocenters. The van der Waals surface area contributed by atoms with Crippen LogP contribution in [0.1, 0.15) is 30.3 Å². The third kappa shape index (κ3) is 2.32. The first-order chi connectivity index (χ1) is 9.67. The first kappa shape index (κ1) is 12.9. The highest BCUT2D eigenvalue weighted by Gasteiger charge is 2.27. The molecule has 4 N–H and O–H groups in total. The number of anilines is 1. The Morgan fingerprint density at radius 1 is 1.35 bits per heavy atom. The van der Waals surface area contributed by atoms with Crippen LogP contribution in [0.4, 0.5) is 5.69 Å². The Labute approximate surface area is 117 Å². The average molecular weight is 270 g/mol. The van der Waals surface area contributed by atoms with E-state index < -0.39 is 0 Å². The zero-order chi connectivity index (χ0) is 14.1. The predicted molar refractivity (Wildman–Crippen MR) is 79.2 cm³/mol. The molecule has 1 saturated carbocycles. The average Bonchev–Trinajstić information content (AvgIpc) is 2.44. The summed E-state index contributed by atoms with van der Waals surface area (Å²) < 4.78 is 0. The lowest BCUT2D eigenvalue weighted by Crippen LogP contribution is -2.43. The minimum Gasteiger partial charge on any atom is -0.348 e. The fourth-order valence-corrected chi connectivity index (χ4v) is 2.69. The van der Waals surface area contributed by atoms with Gasteiger partial charge in [-0.3, -0.25) is 10.6 Å². The molecule has 0 bridgehead atoms. The highest BCUT2D eigenvalue weighted by Crippen LogP contribution is 2.27. The van der Waals surface area contributed by atoms with E-state index in [2.05, 4.69) is 22.7 Å². The summed E-state index contributed by atoms with van der Waals surface area (Å²) in [6.07, 6.45) is 2.09. The van der Waals surface area contributed by atoms with E-state index >= 15 is 0 Å². The lowest BCUT2D eigenvalue weighted by atomic mass is 9.82. The van der Waals surface area contributed by atoms with Crippen molar-refractivity contribution in [3.8, 4) is 0 Å². The van der Waals surface area contributed by atoms with Crippen LogP contribution in [0.5, 0.6) is 0 Å². The number of amides is 1. The van der Waals surface area contributed by atoms with Gasteiger partial charge in [-0.25, -0.2) is 4.98 Å². The second-order valence-electron chi connectivity index (χ2n) is 5.46. The van der Waals surface area contributed by atoms with Crippen molar-refractivity contribution in [2.75, 3.05) is 5.43 Å². The van der Waals surface area contributed by atoms with E-state index in [0.717, 1.165) is 23.7 Å². The summed E-state index contributed by atoms with van der Waals surface area (Å²) in [4.78, 5) is 16.6. The van der Waals surface area contributed by atoms with E-state index in [-0.39, 0.29) is 11.9 Å². The summed E-state index contributed by atoms with van der Waals surface area (Å²) in [6, 6.07) is 9.58. The van der Waals surface area contributed by atoms with E-state index in [1.54, 1.807) is 6.07 Å². The molecule has 104 valence electrons. The van der Waals surface area contributed by atoms with Gasteiger partial charge >= 0.3 is 0 Å². The van der Waals surface area contributed by atoms with E-state index in [9.17, 15) is 4.79 Å². The van der Waals surface area contributed by atoms with Gasteiger partial charge in [-0.1, -0.05) is 25.1 Å². The largest absolute Gasteiger partial charge is 0.348 e. The summed E-state index contributed by atoms with van der Waals surface area (Å²) in [5.74, 6) is 6.10. The maximum atomic E-state index is 12.2. The Kier molecular flexibility index (Phi) is 3.28. The van der Waals surface area contributed by atoms with E-state index in [4.69, 9.17) is 5.84 Å². The number of carbonyl (C=O) groups is 1. The highest BCUT2D eigenvalue weighted by atomic mass is 16.1. The summed E-state index contributed by atoms with van der Waals surface area (Å²) in [5, 5.41) is 3.92. The second kappa shape index (κ2) is 5.09. The molecule has 1 aromatic heterocycles. The molecule has 1 aromatic carbocycles. The number of para-hydroxylation sites is 1. The molecule has 0 radical (unpaired) electrons. The normalized spacial score (nSPS) is 21.3. The zero-order valence-electron chi connectivity index (χ0n) is 11.4. The highest BCUT2D eigenvalue weighted by molar-refractivity contribution is 5.99. The fourth-order valence-electron chi connectivity index (χ4n) is 2.69. The first-order valence-corrected chi connectivity index (χ1v) is 6.84. The Morgan fingerprint density at radius 3 is 2.80 bits per heavy atom. The molecule has 1 aliphatic carbocycles. The summed E-state index contributed by atoms with van der Waals surface area (Å²) in [6.45, 7) is 2.19. The number of rotatable bonds is 3. The number of nitrogens with one attached hydrogen (secondary N) is 2. The Balaban J connectivity index is 1.89. The van der Waals surface area contributed by atoms with Crippen molar-refractivity contribution in [3.05, 3.63) is 36.0 Å². The Bertz CT molecular complexity index is 649.